The third-order valence-corrected chi connectivity index (χ3v) is 6.62. The highest BCUT2D eigenvalue weighted by Crippen LogP contribution is 2.27. The Morgan fingerprint density at radius 1 is 0.941 bits per heavy atom. The smallest absolute Gasteiger partial charge is 0.237 e. The summed E-state index contributed by atoms with van der Waals surface area (Å²) in [7, 11) is 3.19. The van der Waals surface area contributed by atoms with Crippen molar-refractivity contribution in [2.45, 2.75) is 52.6 Å². The maximum atomic E-state index is 13.0. The lowest BCUT2D eigenvalue weighted by Crippen LogP contribution is -2.48. The van der Waals surface area contributed by atoms with E-state index in [2.05, 4.69) is 36.2 Å². The lowest BCUT2D eigenvalue weighted by molar-refractivity contribution is -0.126. The second-order valence-corrected chi connectivity index (χ2v) is 9.55. The number of rotatable bonds is 10. The van der Waals surface area contributed by atoms with Crippen molar-refractivity contribution in [2.24, 2.45) is 11.8 Å². The van der Waals surface area contributed by atoms with Crippen molar-refractivity contribution in [2.75, 3.05) is 27.3 Å². The molecule has 1 N–H and O–H groups in total. The van der Waals surface area contributed by atoms with Crippen LogP contribution in [0.3, 0.4) is 0 Å². The van der Waals surface area contributed by atoms with Crippen LogP contribution in [-0.4, -0.2) is 49.9 Å². The van der Waals surface area contributed by atoms with E-state index in [0.717, 1.165) is 43.5 Å². The van der Waals surface area contributed by atoms with Crippen molar-refractivity contribution in [1.29, 1.82) is 0 Å². The number of Topliss-reactive ketones (excluding diaryl/α,β-unsaturated/α-hetero) is 1. The summed E-state index contributed by atoms with van der Waals surface area (Å²) in [5.74, 6) is 2.14. The second kappa shape index (κ2) is 12.0. The third kappa shape index (κ3) is 6.60. The first kappa shape index (κ1) is 25.8. The molecular weight excluding hydrogens is 428 g/mol. The van der Waals surface area contributed by atoms with Gasteiger partial charge in [-0.25, -0.2) is 0 Å². The number of piperidine rings is 1. The van der Waals surface area contributed by atoms with Crippen LogP contribution in [0.1, 0.15) is 55.1 Å². The maximum Gasteiger partial charge on any atom is 0.237 e. The van der Waals surface area contributed by atoms with E-state index >= 15 is 0 Å². The lowest BCUT2D eigenvalue weighted by Gasteiger charge is -2.34. The van der Waals surface area contributed by atoms with Crippen LogP contribution in [-0.2, 0) is 17.8 Å². The number of likely N-dealkylation sites (tertiary alicyclic amines) is 1. The molecule has 6 heteroatoms. The predicted octanol–water partition coefficient (Wildman–Crippen LogP) is 4.50. The average Bonchev–Trinajstić information content (AvgIpc) is 2.86. The quantitative estimate of drug-likeness (QED) is 0.522. The van der Waals surface area contributed by atoms with Gasteiger partial charge in [0.05, 0.1) is 20.3 Å². The minimum atomic E-state index is -0.244. The van der Waals surface area contributed by atoms with Gasteiger partial charge in [-0.1, -0.05) is 44.2 Å². The van der Waals surface area contributed by atoms with Crippen LogP contribution in [0.2, 0.25) is 0 Å². The van der Waals surface area contributed by atoms with Gasteiger partial charge in [0.2, 0.25) is 5.91 Å². The minimum Gasteiger partial charge on any atom is -0.493 e. The van der Waals surface area contributed by atoms with E-state index in [9.17, 15) is 9.59 Å². The Balaban J connectivity index is 1.48. The number of ketones is 1. The SMILES string of the molecule is COc1ccc(CNC(=O)C(C)N2CCC(C(=O)c3ccc(CC(C)C)cc3)CC2)cc1OC. The fraction of sp³-hybridized carbons (Fsp3) is 0.500. The molecule has 1 aliphatic heterocycles. The van der Waals surface area contributed by atoms with Gasteiger partial charge in [-0.05, 0) is 68.5 Å². The monoisotopic (exact) mass is 466 g/mol. The summed E-state index contributed by atoms with van der Waals surface area (Å²) < 4.78 is 10.6. The van der Waals surface area contributed by atoms with Gasteiger partial charge in [-0.15, -0.1) is 0 Å². The van der Waals surface area contributed by atoms with E-state index < -0.39 is 0 Å². The van der Waals surface area contributed by atoms with Gasteiger partial charge in [0.1, 0.15) is 0 Å². The van der Waals surface area contributed by atoms with Crippen molar-refractivity contribution in [3.8, 4) is 11.5 Å². The number of methoxy groups -OCH3 is 2. The number of nitrogens with zero attached hydrogens (tertiary/aromatic N) is 1. The summed E-state index contributed by atoms with van der Waals surface area (Å²) in [5.41, 5.74) is 3.02. The largest absolute Gasteiger partial charge is 0.493 e. The summed E-state index contributed by atoms with van der Waals surface area (Å²) in [6, 6.07) is 13.5. The van der Waals surface area contributed by atoms with E-state index in [0.29, 0.717) is 24.0 Å². The number of carbonyl (C=O) groups is 2. The van der Waals surface area contributed by atoms with Crippen LogP contribution in [0.5, 0.6) is 11.5 Å². The summed E-state index contributed by atoms with van der Waals surface area (Å²) in [6.45, 7) is 8.24. The van der Waals surface area contributed by atoms with Crippen LogP contribution in [0, 0.1) is 11.8 Å². The summed E-state index contributed by atoms with van der Waals surface area (Å²) in [6.07, 6.45) is 2.58. The molecule has 1 fully saturated rings. The molecule has 1 atom stereocenters. The Morgan fingerprint density at radius 3 is 2.15 bits per heavy atom. The Kier molecular flexibility index (Phi) is 9.11. The first-order valence-corrected chi connectivity index (χ1v) is 12.2. The van der Waals surface area contributed by atoms with E-state index in [4.69, 9.17) is 9.47 Å². The van der Waals surface area contributed by atoms with Crippen molar-refractivity contribution in [3.05, 3.63) is 59.2 Å². The number of carbonyl (C=O) groups excluding carboxylic acids is 2. The average molecular weight is 467 g/mol. The van der Waals surface area contributed by atoms with Crippen LogP contribution in [0.25, 0.3) is 0 Å². The Bertz CT molecular complexity index is 963. The number of nitrogens with one attached hydrogen (secondary N) is 1. The van der Waals surface area contributed by atoms with Crippen molar-refractivity contribution < 1.29 is 19.1 Å². The normalized spacial score (nSPS) is 15.7. The summed E-state index contributed by atoms with van der Waals surface area (Å²) in [5, 5.41) is 3.02. The summed E-state index contributed by atoms with van der Waals surface area (Å²) in [4.78, 5) is 27.9. The van der Waals surface area contributed by atoms with Crippen LogP contribution < -0.4 is 14.8 Å². The van der Waals surface area contributed by atoms with E-state index in [-0.39, 0.29) is 23.7 Å². The second-order valence-electron chi connectivity index (χ2n) is 9.55. The number of ether oxygens (including phenoxy) is 2. The van der Waals surface area contributed by atoms with Gasteiger partial charge in [0, 0.05) is 18.0 Å². The topological polar surface area (TPSA) is 67.9 Å². The highest BCUT2D eigenvalue weighted by atomic mass is 16.5. The van der Waals surface area contributed by atoms with Gasteiger partial charge >= 0.3 is 0 Å². The molecule has 2 aromatic rings. The highest BCUT2D eigenvalue weighted by molar-refractivity contribution is 5.98. The molecular formula is C28H38N2O4. The number of hydrogen-bond donors (Lipinski definition) is 1. The fourth-order valence-electron chi connectivity index (χ4n) is 4.55. The number of amides is 1. The number of hydrogen-bond acceptors (Lipinski definition) is 5. The molecule has 0 spiro atoms. The van der Waals surface area contributed by atoms with Crippen LogP contribution in [0.15, 0.2) is 42.5 Å². The van der Waals surface area contributed by atoms with E-state index in [1.165, 1.54) is 5.56 Å². The minimum absolute atomic E-state index is 0.0136. The first-order valence-electron chi connectivity index (χ1n) is 12.2. The molecule has 1 unspecified atom stereocenters. The van der Waals surface area contributed by atoms with E-state index in [1.54, 1.807) is 14.2 Å². The molecule has 1 saturated heterocycles. The molecule has 0 radical (unpaired) electrons. The fourth-order valence-corrected chi connectivity index (χ4v) is 4.55. The molecule has 184 valence electrons. The molecule has 1 aliphatic rings. The standard InChI is InChI=1S/C28H38N2O4/c1-19(2)16-21-6-9-23(10-7-21)27(31)24-12-14-30(15-13-24)20(3)28(32)29-18-22-8-11-25(33-4)26(17-22)34-5/h6-11,17,19-20,24H,12-16,18H2,1-5H3,(H,29,32). The Labute approximate surface area is 203 Å². The van der Waals surface area contributed by atoms with Crippen molar-refractivity contribution in [3.63, 3.8) is 0 Å². The van der Waals surface area contributed by atoms with Crippen molar-refractivity contribution >= 4 is 11.7 Å². The van der Waals surface area contributed by atoms with Crippen molar-refractivity contribution in [1.82, 2.24) is 10.2 Å². The van der Waals surface area contributed by atoms with Gasteiger partial charge < -0.3 is 14.8 Å². The highest BCUT2D eigenvalue weighted by Gasteiger charge is 2.30. The molecule has 1 amide bonds. The third-order valence-electron chi connectivity index (χ3n) is 6.62. The molecule has 6 nitrogen and oxygen atoms in total. The zero-order valence-corrected chi connectivity index (χ0v) is 21.1. The van der Waals surface area contributed by atoms with Gasteiger partial charge in [-0.3, -0.25) is 14.5 Å². The van der Waals surface area contributed by atoms with E-state index in [1.807, 2.05) is 37.3 Å². The van der Waals surface area contributed by atoms with Gasteiger partial charge in [0.15, 0.2) is 17.3 Å². The molecule has 0 aromatic heterocycles. The number of benzene rings is 2. The molecule has 3 rings (SSSR count). The zero-order valence-electron chi connectivity index (χ0n) is 21.1. The van der Waals surface area contributed by atoms with Crippen LogP contribution >= 0.6 is 0 Å². The molecule has 0 bridgehead atoms. The summed E-state index contributed by atoms with van der Waals surface area (Å²) >= 11 is 0. The molecule has 1 heterocycles. The van der Waals surface area contributed by atoms with Gasteiger partial charge in [-0.2, -0.15) is 0 Å². The zero-order chi connectivity index (χ0) is 24.7. The maximum absolute atomic E-state index is 13.0. The first-order chi connectivity index (χ1) is 16.3. The molecule has 0 aliphatic carbocycles. The molecule has 34 heavy (non-hydrogen) atoms. The molecule has 0 saturated carbocycles. The predicted molar refractivity (Wildman–Crippen MR) is 134 cm³/mol. The molecule has 2 aromatic carbocycles. The van der Waals surface area contributed by atoms with Gasteiger partial charge in [0.25, 0.3) is 0 Å². The Morgan fingerprint density at radius 2 is 1.56 bits per heavy atom. The van der Waals surface area contributed by atoms with Crippen LogP contribution in [0.4, 0.5) is 0 Å². The Hall–Kier alpha value is -2.86. The lowest BCUT2D eigenvalue weighted by atomic mass is 9.88.